The Morgan fingerprint density at radius 2 is 1.78 bits per heavy atom. The summed E-state index contributed by atoms with van der Waals surface area (Å²) in [6.07, 6.45) is -0.00183. The van der Waals surface area contributed by atoms with Crippen LogP contribution in [0, 0.1) is 0 Å². The smallest absolute Gasteiger partial charge is 0.207 e. The number of aliphatic hydroxyl groups excluding tert-OH is 2. The minimum Gasteiger partial charge on any atom is -0.502 e. The van der Waals surface area contributed by atoms with Crippen molar-refractivity contribution in [3.8, 4) is 11.1 Å². The molecule has 0 aliphatic rings. The summed E-state index contributed by atoms with van der Waals surface area (Å²) in [5.41, 5.74) is 3.20. The number of oxazole rings is 1. The summed E-state index contributed by atoms with van der Waals surface area (Å²) >= 11 is 9.52. The molecule has 23 heavy (non-hydrogen) atoms. The van der Waals surface area contributed by atoms with Gasteiger partial charge in [-0.05, 0) is 36.1 Å². The van der Waals surface area contributed by atoms with Crippen LogP contribution in [0.3, 0.4) is 0 Å². The molecule has 0 amide bonds. The molecule has 3 rings (SSSR count). The van der Waals surface area contributed by atoms with Gasteiger partial charge in [0.2, 0.25) is 5.89 Å². The summed E-state index contributed by atoms with van der Waals surface area (Å²) in [5, 5.41) is 18.5. The van der Waals surface area contributed by atoms with E-state index < -0.39 is 5.92 Å². The molecule has 1 unspecified atom stereocenters. The number of aliphatic hydroxyl groups is 2. The van der Waals surface area contributed by atoms with Crippen LogP contribution in [0.4, 0.5) is 0 Å². The molecular weight excluding hydrogens is 330 g/mol. The normalized spacial score (nSPS) is 12.2. The Bertz CT molecular complexity index is 874. The number of rotatable bonds is 5. The second kappa shape index (κ2) is 6.44. The van der Waals surface area contributed by atoms with E-state index in [2.05, 4.69) is 17.2 Å². The first kappa shape index (κ1) is 15.6. The van der Waals surface area contributed by atoms with Crippen molar-refractivity contribution >= 4 is 45.6 Å². The number of hydrogen-bond donors (Lipinski definition) is 2. The lowest BCUT2D eigenvalue weighted by Gasteiger charge is -2.07. The molecule has 0 fully saturated rings. The predicted octanol–water partition coefficient (Wildman–Crippen LogP) is 4.74. The van der Waals surface area contributed by atoms with Gasteiger partial charge in [-0.25, -0.2) is 4.98 Å². The highest BCUT2D eigenvalue weighted by Gasteiger charge is 2.25. The third-order valence-electron chi connectivity index (χ3n) is 3.50. The molecule has 0 bridgehead atoms. The van der Waals surface area contributed by atoms with Gasteiger partial charge in [0, 0.05) is 12.0 Å². The fraction of sp³-hybridized carbons (Fsp3) is 0.118. The van der Waals surface area contributed by atoms with Crippen LogP contribution in [0.15, 0.2) is 52.9 Å². The molecule has 6 heteroatoms. The minimum absolute atomic E-state index is 0.00183. The molecule has 3 aromatic rings. The maximum Gasteiger partial charge on any atom is 0.207 e. The second-order valence-corrected chi connectivity index (χ2v) is 5.95. The van der Waals surface area contributed by atoms with E-state index in [1.165, 1.54) is 0 Å². The Hall–Kier alpha value is -2.31. The first-order valence-electron chi connectivity index (χ1n) is 6.95. The van der Waals surface area contributed by atoms with Crippen LogP contribution in [0.1, 0.15) is 18.2 Å². The van der Waals surface area contributed by atoms with E-state index in [0.29, 0.717) is 11.1 Å². The average Bonchev–Trinajstić information content (AvgIpc) is 2.96. The number of hydrogen-bond acceptors (Lipinski definition) is 4. The van der Waals surface area contributed by atoms with E-state index in [1.807, 2.05) is 42.5 Å². The van der Waals surface area contributed by atoms with Crippen molar-refractivity contribution in [2.24, 2.45) is 0 Å². The Kier molecular flexibility index (Phi) is 4.36. The van der Waals surface area contributed by atoms with Crippen molar-refractivity contribution in [1.82, 2.24) is 4.98 Å². The zero-order valence-electron chi connectivity index (χ0n) is 12.0. The van der Waals surface area contributed by atoms with Crippen LogP contribution < -0.4 is 0 Å². The Labute approximate surface area is 143 Å². The summed E-state index contributed by atoms with van der Waals surface area (Å²) in [4.78, 5) is 4.48. The van der Waals surface area contributed by atoms with E-state index >= 15 is 0 Å². The third kappa shape index (κ3) is 3.23. The molecule has 0 radical (unpaired) electrons. The first-order valence-corrected chi connectivity index (χ1v) is 7.77. The van der Waals surface area contributed by atoms with Crippen molar-refractivity contribution < 1.29 is 14.6 Å². The van der Waals surface area contributed by atoms with Crippen LogP contribution in [-0.4, -0.2) is 25.3 Å². The standard InChI is InChI=1S/C17H13NO3S2/c19-14(22)9-12(17(20)23)16-18-15-11(7-4-8-13(15)21-16)10-5-2-1-3-6-10/h1-8,12H,9H2,(H,19,22)(H,20,23). The number of nitrogens with zero attached hydrogens (tertiary/aromatic N) is 1. The van der Waals surface area contributed by atoms with E-state index in [0.717, 1.165) is 11.1 Å². The topological polar surface area (TPSA) is 66.5 Å². The van der Waals surface area contributed by atoms with Crippen LogP contribution in [0.2, 0.25) is 0 Å². The first-order chi connectivity index (χ1) is 11.1. The Morgan fingerprint density at radius 3 is 2.43 bits per heavy atom. The molecule has 116 valence electrons. The fourth-order valence-electron chi connectivity index (χ4n) is 2.42. The highest BCUT2D eigenvalue weighted by Crippen LogP contribution is 2.31. The fourth-order valence-corrected chi connectivity index (χ4v) is 2.77. The SMILES string of the molecule is OC(=S)CC(C(O)=S)c1nc2c(-c3ccccc3)cccc2o1. The highest BCUT2D eigenvalue weighted by molar-refractivity contribution is 7.80. The zero-order chi connectivity index (χ0) is 16.4. The molecule has 0 aliphatic heterocycles. The summed E-state index contributed by atoms with van der Waals surface area (Å²) in [7, 11) is 0. The van der Waals surface area contributed by atoms with E-state index in [4.69, 9.17) is 16.6 Å². The average molecular weight is 343 g/mol. The molecule has 0 saturated heterocycles. The largest absolute Gasteiger partial charge is 0.502 e. The quantitative estimate of drug-likeness (QED) is 0.652. The van der Waals surface area contributed by atoms with Gasteiger partial charge in [0.15, 0.2) is 15.7 Å². The molecular formula is C17H13NO3S2. The predicted molar refractivity (Wildman–Crippen MR) is 97.3 cm³/mol. The third-order valence-corrected chi connectivity index (χ3v) is 3.95. The van der Waals surface area contributed by atoms with Crippen molar-refractivity contribution in [3.63, 3.8) is 0 Å². The maximum atomic E-state index is 9.69. The molecule has 2 N–H and O–H groups in total. The molecule has 2 aromatic carbocycles. The van der Waals surface area contributed by atoms with E-state index in [-0.39, 0.29) is 22.4 Å². The van der Waals surface area contributed by atoms with Crippen LogP contribution in [0.5, 0.6) is 0 Å². The van der Waals surface area contributed by atoms with Crippen LogP contribution >= 0.6 is 24.4 Å². The van der Waals surface area contributed by atoms with Gasteiger partial charge in [0.05, 0.1) is 0 Å². The van der Waals surface area contributed by atoms with Gasteiger partial charge >= 0.3 is 0 Å². The van der Waals surface area contributed by atoms with Gasteiger partial charge in [-0.15, -0.1) is 0 Å². The second-order valence-electron chi connectivity index (χ2n) is 5.06. The molecule has 1 aromatic heterocycles. The van der Waals surface area contributed by atoms with Crippen LogP contribution in [-0.2, 0) is 0 Å². The molecule has 1 heterocycles. The lowest BCUT2D eigenvalue weighted by Crippen LogP contribution is -2.13. The Morgan fingerprint density at radius 1 is 1.04 bits per heavy atom. The van der Waals surface area contributed by atoms with Crippen molar-refractivity contribution in [2.75, 3.05) is 0 Å². The zero-order valence-corrected chi connectivity index (χ0v) is 13.6. The van der Waals surface area contributed by atoms with Crippen molar-refractivity contribution in [3.05, 3.63) is 54.4 Å². The monoisotopic (exact) mass is 343 g/mol. The molecule has 4 nitrogen and oxygen atoms in total. The lowest BCUT2D eigenvalue weighted by molar-refractivity contribution is 0.459. The van der Waals surface area contributed by atoms with E-state index in [9.17, 15) is 10.2 Å². The Balaban J connectivity index is 2.12. The van der Waals surface area contributed by atoms with Crippen LogP contribution in [0.25, 0.3) is 22.2 Å². The summed E-state index contributed by atoms with van der Waals surface area (Å²) in [5.74, 6) is -0.495. The summed E-state index contributed by atoms with van der Waals surface area (Å²) < 4.78 is 5.73. The van der Waals surface area contributed by atoms with Gasteiger partial charge in [-0.3, -0.25) is 0 Å². The van der Waals surface area contributed by atoms with Gasteiger partial charge in [-0.1, -0.05) is 42.5 Å². The number of thiocarbonyl (C=S) groups is 2. The number of aromatic nitrogens is 1. The minimum atomic E-state index is -0.737. The highest BCUT2D eigenvalue weighted by atomic mass is 32.1. The van der Waals surface area contributed by atoms with Gasteiger partial charge < -0.3 is 14.6 Å². The summed E-state index contributed by atoms with van der Waals surface area (Å²) in [6.45, 7) is 0. The molecule has 0 aliphatic carbocycles. The summed E-state index contributed by atoms with van der Waals surface area (Å²) in [6, 6.07) is 15.4. The molecule has 1 atom stereocenters. The molecule has 0 spiro atoms. The van der Waals surface area contributed by atoms with Gasteiger partial charge in [0.25, 0.3) is 0 Å². The van der Waals surface area contributed by atoms with Crippen molar-refractivity contribution in [1.29, 1.82) is 0 Å². The van der Waals surface area contributed by atoms with Gasteiger partial charge in [0.1, 0.15) is 11.4 Å². The van der Waals surface area contributed by atoms with E-state index in [1.54, 1.807) is 6.07 Å². The number of para-hydroxylation sites is 1. The number of fused-ring (bicyclic) bond motifs is 1. The maximum absolute atomic E-state index is 9.69. The molecule has 0 saturated carbocycles. The lowest BCUT2D eigenvalue weighted by atomic mass is 10.0. The number of benzene rings is 2. The van der Waals surface area contributed by atoms with Gasteiger partial charge in [-0.2, -0.15) is 0 Å². The van der Waals surface area contributed by atoms with Crippen molar-refractivity contribution in [2.45, 2.75) is 12.3 Å².